The van der Waals surface area contributed by atoms with Crippen molar-refractivity contribution < 1.29 is 4.79 Å². The number of nitrogens with zero attached hydrogens (tertiary/aromatic N) is 4. The normalized spacial score (nSPS) is 23.7. The predicted octanol–water partition coefficient (Wildman–Crippen LogP) is 2.16. The Kier molecular flexibility index (Phi) is 4.02. The van der Waals surface area contributed by atoms with E-state index in [0.717, 1.165) is 30.9 Å². The minimum absolute atomic E-state index is 0.257. The van der Waals surface area contributed by atoms with E-state index in [1.807, 2.05) is 42.4 Å². The lowest BCUT2D eigenvalue weighted by atomic mass is 10.1. The molecule has 2 aromatic rings. The summed E-state index contributed by atoms with van der Waals surface area (Å²) < 4.78 is 0. The first kappa shape index (κ1) is 15.3. The summed E-state index contributed by atoms with van der Waals surface area (Å²) in [5.41, 5.74) is 3.25. The Morgan fingerprint density at radius 2 is 1.96 bits per heavy atom. The highest BCUT2D eigenvalue weighted by molar-refractivity contribution is 5.80. The fourth-order valence-electron chi connectivity index (χ4n) is 4.00. The summed E-state index contributed by atoms with van der Waals surface area (Å²) in [6, 6.07) is 10.8. The van der Waals surface area contributed by atoms with Crippen LogP contribution in [0.4, 0.5) is 0 Å². The molecule has 4 rings (SSSR count). The molecule has 0 aliphatic carbocycles. The van der Waals surface area contributed by atoms with E-state index in [4.69, 9.17) is 0 Å². The van der Waals surface area contributed by atoms with Crippen molar-refractivity contribution in [2.75, 3.05) is 6.54 Å². The molecule has 2 fully saturated rings. The van der Waals surface area contributed by atoms with Gasteiger partial charge in [0, 0.05) is 49.7 Å². The molecular weight excluding hydrogens is 300 g/mol. The van der Waals surface area contributed by atoms with Gasteiger partial charge < -0.3 is 4.90 Å². The first-order valence-electron chi connectivity index (χ1n) is 8.55. The van der Waals surface area contributed by atoms with E-state index in [0.29, 0.717) is 25.0 Å². The van der Waals surface area contributed by atoms with Crippen LogP contribution in [-0.4, -0.2) is 44.3 Å². The average Bonchev–Trinajstić information content (AvgIpc) is 3.09. The van der Waals surface area contributed by atoms with Gasteiger partial charge in [-0.15, -0.1) is 0 Å². The summed E-state index contributed by atoms with van der Waals surface area (Å²) in [4.78, 5) is 25.7. The summed E-state index contributed by atoms with van der Waals surface area (Å²) in [7, 11) is 0. The van der Waals surface area contributed by atoms with Crippen molar-refractivity contribution in [3.63, 3.8) is 0 Å². The van der Waals surface area contributed by atoms with Crippen molar-refractivity contribution in [2.45, 2.75) is 44.9 Å². The molecule has 124 valence electrons. The van der Waals surface area contributed by atoms with Crippen molar-refractivity contribution in [2.24, 2.45) is 0 Å². The molecule has 2 saturated heterocycles. The van der Waals surface area contributed by atoms with Gasteiger partial charge in [-0.3, -0.25) is 19.7 Å². The Bertz CT molecular complexity index is 733. The van der Waals surface area contributed by atoms with E-state index in [1.54, 1.807) is 0 Å². The Labute approximate surface area is 142 Å². The summed E-state index contributed by atoms with van der Waals surface area (Å²) in [6.07, 6.45) is 5.34. The highest BCUT2D eigenvalue weighted by Crippen LogP contribution is 2.34. The molecule has 0 aromatic carbocycles. The van der Waals surface area contributed by atoms with Crippen molar-refractivity contribution in [1.82, 2.24) is 19.8 Å². The van der Waals surface area contributed by atoms with Gasteiger partial charge in [-0.1, -0.05) is 6.07 Å². The zero-order chi connectivity index (χ0) is 16.5. The number of likely N-dealkylation sites (tertiary alicyclic amines) is 2. The van der Waals surface area contributed by atoms with Gasteiger partial charge >= 0.3 is 0 Å². The third-order valence-corrected chi connectivity index (χ3v) is 5.14. The number of aryl methyl sites for hydroxylation is 1. The van der Waals surface area contributed by atoms with Crippen LogP contribution in [0.5, 0.6) is 0 Å². The van der Waals surface area contributed by atoms with Crippen LogP contribution in [0, 0.1) is 6.92 Å². The molecule has 5 nitrogen and oxygen atoms in total. The molecule has 0 N–H and O–H groups in total. The molecule has 5 heteroatoms. The molecule has 2 aliphatic heterocycles. The minimum Gasteiger partial charge on any atom is -0.332 e. The van der Waals surface area contributed by atoms with E-state index in [9.17, 15) is 4.79 Å². The van der Waals surface area contributed by atoms with E-state index in [-0.39, 0.29) is 5.91 Å². The largest absolute Gasteiger partial charge is 0.332 e. The van der Waals surface area contributed by atoms with E-state index < -0.39 is 0 Å². The van der Waals surface area contributed by atoms with Crippen LogP contribution in [0.25, 0.3) is 0 Å². The predicted molar refractivity (Wildman–Crippen MR) is 91.0 cm³/mol. The lowest BCUT2D eigenvalue weighted by Gasteiger charge is -2.25. The molecule has 2 aromatic heterocycles. The first-order valence-corrected chi connectivity index (χ1v) is 8.55. The smallest absolute Gasteiger partial charge is 0.224 e. The number of carbonyl (C=O) groups is 1. The summed E-state index contributed by atoms with van der Waals surface area (Å²) >= 11 is 0. The second kappa shape index (κ2) is 6.32. The van der Waals surface area contributed by atoms with E-state index in [1.165, 1.54) is 5.56 Å². The number of fused-ring (bicyclic) bond motifs is 1. The quantitative estimate of drug-likeness (QED) is 0.865. The maximum Gasteiger partial charge on any atom is 0.224 e. The third-order valence-electron chi connectivity index (χ3n) is 5.14. The number of hydrogen-bond donors (Lipinski definition) is 0. The van der Waals surface area contributed by atoms with Crippen LogP contribution in [0.2, 0.25) is 0 Å². The average molecular weight is 322 g/mol. The SMILES string of the molecule is Cc1cccc(CN2C(=O)C[C@@H]3[C@H]2CCN3Cc2ccncc2)n1. The zero-order valence-electron chi connectivity index (χ0n) is 13.9. The maximum absolute atomic E-state index is 12.5. The lowest BCUT2D eigenvalue weighted by molar-refractivity contribution is -0.129. The Hall–Kier alpha value is -2.27. The fraction of sp³-hybridized carbons (Fsp3) is 0.421. The zero-order valence-corrected chi connectivity index (χ0v) is 13.9. The first-order chi connectivity index (χ1) is 11.7. The van der Waals surface area contributed by atoms with Gasteiger partial charge in [0.15, 0.2) is 0 Å². The fourth-order valence-corrected chi connectivity index (χ4v) is 4.00. The van der Waals surface area contributed by atoms with Gasteiger partial charge in [0.2, 0.25) is 5.91 Å². The number of hydrogen-bond acceptors (Lipinski definition) is 4. The van der Waals surface area contributed by atoms with Crippen molar-refractivity contribution in [3.8, 4) is 0 Å². The highest BCUT2D eigenvalue weighted by Gasteiger charge is 2.46. The molecule has 4 heterocycles. The minimum atomic E-state index is 0.257. The van der Waals surface area contributed by atoms with Crippen molar-refractivity contribution in [1.29, 1.82) is 0 Å². The maximum atomic E-state index is 12.5. The van der Waals surface area contributed by atoms with Crippen LogP contribution >= 0.6 is 0 Å². The highest BCUT2D eigenvalue weighted by atomic mass is 16.2. The van der Waals surface area contributed by atoms with Crippen LogP contribution in [0.1, 0.15) is 29.8 Å². The third kappa shape index (κ3) is 2.91. The monoisotopic (exact) mass is 322 g/mol. The van der Waals surface area contributed by atoms with Gasteiger partial charge in [-0.2, -0.15) is 0 Å². The standard InChI is InChI=1S/C19H22N4O/c1-14-3-2-4-16(21-14)13-23-17-7-10-22(18(17)11-19(23)24)12-15-5-8-20-9-6-15/h2-6,8-9,17-18H,7,10-13H2,1H3/t17-,18-/m1/s1. The van der Waals surface area contributed by atoms with Gasteiger partial charge in [-0.05, 0) is 43.2 Å². The molecule has 24 heavy (non-hydrogen) atoms. The summed E-state index contributed by atoms with van der Waals surface area (Å²) in [6.45, 7) is 4.56. The van der Waals surface area contributed by atoms with Crippen molar-refractivity contribution in [3.05, 3.63) is 59.7 Å². The summed E-state index contributed by atoms with van der Waals surface area (Å²) in [5.74, 6) is 0.257. The Balaban J connectivity index is 1.47. The van der Waals surface area contributed by atoms with Crippen molar-refractivity contribution >= 4 is 5.91 Å². The molecule has 1 amide bonds. The number of pyridine rings is 2. The molecule has 0 saturated carbocycles. The number of amides is 1. The lowest BCUT2D eigenvalue weighted by Crippen LogP contribution is -2.36. The number of aromatic nitrogens is 2. The topological polar surface area (TPSA) is 49.3 Å². The van der Waals surface area contributed by atoms with Gasteiger partial charge in [0.25, 0.3) is 0 Å². The molecule has 0 unspecified atom stereocenters. The van der Waals surface area contributed by atoms with Crippen LogP contribution in [0.3, 0.4) is 0 Å². The molecule has 0 bridgehead atoms. The molecule has 0 spiro atoms. The van der Waals surface area contributed by atoms with Gasteiger partial charge in [0.1, 0.15) is 0 Å². The second-order valence-electron chi connectivity index (χ2n) is 6.75. The molecule has 2 aliphatic rings. The number of rotatable bonds is 4. The Morgan fingerprint density at radius 1 is 1.12 bits per heavy atom. The van der Waals surface area contributed by atoms with Crippen LogP contribution in [0.15, 0.2) is 42.7 Å². The van der Waals surface area contributed by atoms with Crippen LogP contribution < -0.4 is 0 Å². The molecule has 2 atom stereocenters. The van der Waals surface area contributed by atoms with E-state index >= 15 is 0 Å². The second-order valence-corrected chi connectivity index (χ2v) is 6.75. The molecular formula is C19H22N4O. The van der Waals surface area contributed by atoms with Gasteiger partial charge in [-0.25, -0.2) is 0 Å². The van der Waals surface area contributed by atoms with E-state index in [2.05, 4.69) is 27.0 Å². The summed E-state index contributed by atoms with van der Waals surface area (Å²) in [5, 5.41) is 0. The molecule has 0 radical (unpaired) electrons. The van der Waals surface area contributed by atoms with Crippen LogP contribution in [-0.2, 0) is 17.9 Å². The number of carbonyl (C=O) groups excluding carboxylic acids is 1. The Morgan fingerprint density at radius 3 is 2.75 bits per heavy atom. The van der Waals surface area contributed by atoms with Gasteiger partial charge in [0.05, 0.1) is 12.2 Å².